The molecule has 1 aromatic rings. The lowest BCUT2D eigenvalue weighted by molar-refractivity contribution is 0.774. The molecule has 11 heavy (non-hydrogen) atoms. The zero-order valence-corrected chi connectivity index (χ0v) is 7.13. The van der Waals surface area contributed by atoms with Crippen molar-refractivity contribution in [2.75, 3.05) is 19.1 Å². The van der Waals surface area contributed by atoms with Crippen LogP contribution in [0.5, 0.6) is 0 Å². The molecule has 0 atom stereocenters. The lowest BCUT2D eigenvalue weighted by Gasteiger charge is -2.15. The summed E-state index contributed by atoms with van der Waals surface area (Å²) in [6, 6.07) is 5.93. The van der Waals surface area contributed by atoms with E-state index in [9.17, 15) is 0 Å². The SMILES string of the molecule is CNN(C)c1cccc(C)n1. The molecule has 1 rings (SSSR count). The molecule has 0 aliphatic heterocycles. The van der Waals surface area contributed by atoms with Crippen LogP contribution in [0.1, 0.15) is 5.69 Å². The Labute approximate surface area is 67.0 Å². The Balaban J connectivity index is 2.86. The van der Waals surface area contributed by atoms with Crippen molar-refractivity contribution in [3.8, 4) is 0 Å². The van der Waals surface area contributed by atoms with Crippen molar-refractivity contribution >= 4 is 5.82 Å². The predicted molar refractivity (Wildman–Crippen MR) is 46.4 cm³/mol. The number of hydrogen-bond acceptors (Lipinski definition) is 3. The molecule has 1 heterocycles. The first-order valence-corrected chi connectivity index (χ1v) is 3.59. The van der Waals surface area contributed by atoms with Crippen LogP contribution in [-0.4, -0.2) is 19.1 Å². The third-order valence-electron chi connectivity index (χ3n) is 1.55. The van der Waals surface area contributed by atoms with Crippen LogP contribution in [0.15, 0.2) is 18.2 Å². The van der Waals surface area contributed by atoms with Gasteiger partial charge >= 0.3 is 0 Å². The number of anilines is 1. The Morgan fingerprint density at radius 1 is 1.45 bits per heavy atom. The first-order valence-electron chi connectivity index (χ1n) is 3.59. The van der Waals surface area contributed by atoms with Gasteiger partial charge in [0, 0.05) is 19.8 Å². The summed E-state index contributed by atoms with van der Waals surface area (Å²) in [5, 5.41) is 1.87. The van der Waals surface area contributed by atoms with Crippen LogP contribution in [0.25, 0.3) is 0 Å². The van der Waals surface area contributed by atoms with Crippen LogP contribution in [0.4, 0.5) is 5.82 Å². The highest BCUT2D eigenvalue weighted by Gasteiger charge is 1.97. The van der Waals surface area contributed by atoms with Gasteiger partial charge in [-0.3, -0.25) is 5.01 Å². The normalized spacial score (nSPS) is 9.73. The van der Waals surface area contributed by atoms with Gasteiger partial charge < -0.3 is 0 Å². The van der Waals surface area contributed by atoms with E-state index in [4.69, 9.17) is 0 Å². The van der Waals surface area contributed by atoms with E-state index in [0.717, 1.165) is 11.5 Å². The number of nitrogens with zero attached hydrogens (tertiary/aromatic N) is 2. The summed E-state index contributed by atoms with van der Waals surface area (Å²) in [5.41, 5.74) is 4.01. The second-order valence-corrected chi connectivity index (χ2v) is 2.42. The zero-order valence-electron chi connectivity index (χ0n) is 7.13. The Morgan fingerprint density at radius 2 is 2.18 bits per heavy atom. The van der Waals surface area contributed by atoms with E-state index in [-0.39, 0.29) is 0 Å². The molecule has 3 nitrogen and oxygen atoms in total. The minimum absolute atomic E-state index is 0.938. The Bertz CT molecular complexity index is 235. The lowest BCUT2D eigenvalue weighted by atomic mass is 10.4. The summed E-state index contributed by atoms with van der Waals surface area (Å²) >= 11 is 0. The monoisotopic (exact) mass is 151 g/mol. The summed E-state index contributed by atoms with van der Waals surface area (Å²) < 4.78 is 0. The van der Waals surface area contributed by atoms with Crippen molar-refractivity contribution in [3.05, 3.63) is 23.9 Å². The number of hydrogen-bond donors (Lipinski definition) is 1. The van der Waals surface area contributed by atoms with Gasteiger partial charge in [-0.05, 0) is 19.1 Å². The third kappa shape index (κ3) is 1.91. The van der Waals surface area contributed by atoms with Crippen LogP contribution < -0.4 is 10.4 Å². The van der Waals surface area contributed by atoms with E-state index in [1.807, 2.05) is 44.2 Å². The Hall–Kier alpha value is -1.09. The quantitative estimate of drug-likeness (QED) is 0.638. The van der Waals surface area contributed by atoms with Gasteiger partial charge in [0.2, 0.25) is 0 Å². The maximum absolute atomic E-state index is 4.31. The lowest BCUT2D eigenvalue weighted by Crippen LogP contribution is -2.31. The highest BCUT2D eigenvalue weighted by Crippen LogP contribution is 2.05. The summed E-state index contributed by atoms with van der Waals surface area (Å²) in [6.45, 7) is 1.98. The first kappa shape index (κ1) is 8.01. The molecule has 0 saturated carbocycles. The molecule has 0 unspecified atom stereocenters. The van der Waals surface area contributed by atoms with Crippen LogP contribution in [0, 0.1) is 6.92 Å². The van der Waals surface area contributed by atoms with Gasteiger partial charge in [0.1, 0.15) is 5.82 Å². The molecule has 0 aromatic carbocycles. The summed E-state index contributed by atoms with van der Waals surface area (Å²) in [5.74, 6) is 0.938. The van der Waals surface area contributed by atoms with Gasteiger partial charge in [0.05, 0.1) is 0 Å². The predicted octanol–water partition coefficient (Wildman–Crippen LogP) is 0.961. The molecule has 0 fully saturated rings. The molecule has 1 aromatic heterocycles. The molecule has 60 valence electrons. The molecule has 0 radical (unpaired) electrons. The molecule has 0 aliphatic carbocycles. The van der Waals surface area contributed by atoms with Crippen molar-refractivity contribution in [3.63, 3.8) is 0 Å². The van der Waals surface area contributed by atoms with E-state index in [0.29, 0.717) is 0 Å². The first-order chi connectivity index (χ1) is 5.24. The average molecular weight is 151 g/mol. The van der Waals surface area contributed by atoms with Crippen molar-refractivity contribution in [1.82, 2.24) is 10.4 Å². The number of aryl methyl sites for hydroxylation is 1. The van der Waals surface area contributed by atoms with Gasteiger partial charge in [-0.1, -0.05) is 6.07 Å². The minimum Gasteiger partial charge on any atom is -0.296 e. The number of nitrogens with one attached hydrogen (secondary N) is 1. The molecule has 0 amide bonds. The summed E-state index contributed by atoms with van der Waals surface area (Å²) in [7, 11) is 3.80. The smallest absolute Gasteiger partial charge is 0.142 e. The summed E-state index contributed by atoms with van der Waals surface area (Å²) in [6.07, 6.45) is 0. The largest absolute Gasteiger partial charge is 0.296 e. The number of rotatable bonds is 2. The average Bonchev–Trinajstić information content (AvgIpc) is 2.03. The molecular formula is C8H13N3. The van der Waals surface area contributed by atoms with Crippen molar-refractivity contribution < 1.29 is 0 Å². The van der Waals surface area contributed by atoms with Crippen LogP contribution in [-0.2, 0) is 0 Å². The molecule has 0 spiro atoms. The van der Waals surface area contributed by atoms with Crippen molar-refractivity contribution in [2.45, 2.75) is 6.92 Å². The van der Waals surface area contributed by atoms with E-state index >= 15 is 0 Å². The Kier molecular flexibility index (Phi) is 2.44. The molecule has 0 aliphatic rings. The number of pyridine rings is 1. The topological polar surface area (TPSA) is 28.2 Å². The minimum atomic E-state index is 0.938. The van der Waals surface area contributed by atoms with Crippen LogP contribution >= 0.6 is 0 Å². The maximum atomic E-state index is 4.31. The van der Waals surface area contributed by atoms with Crippen molar-refractivity contribution in [2.24, 2.45) is 0 Å². The molecule has 3 heteroatoms. The highest BCUT2D eigenvalue weighted by molar-refractivity contribution is 5.36. The van der Waals surface area contributed by atoms with E-state index in [1.165, 1.54) is 0 Å². The van der Waals surface area contributed by atoms with Gasteiger partial charge in [-0.15, -0.1) is 0 Å². The van der Waals surface area contributed by atoms with Gasteiger partial charge in [-0.25, -0.2) is 10.4 Å². The van der Waals surface area contributed by atoms with E-state index in [1.54, 1.807) is 0 Å². The van der Waals surface area contributed by atoms with Gasteiger partial charge in [0.25, 0.3) is 0 Å². The fourth-order valence-electron chi connectivity index (χ4n) is 0.830. The molecular weight excluding hydrogens is 138 g/mol. The van der Waals surface area contributed by atoms with Gasteiger partial charge in [-0.2, -0.15) is 0 Å². The van der Waals surface area contributed by atoms with E-state index in [2.05, 4.69) is 10.4 Å². The molecule has 0 saturated heterocycles. The second-order valence-electron chi connectivity index (χ2n) is 2.42. The Morgan fingerprint density at radius 3 is 2.73 bits per heavy atom. The fourth-order valence-corrected chi connectivity index (χ4v) is 0.830. The number of hydrazine groups is 1. The third-order valence-corrected chi connectivity index (χ3v) is 1.55. The zero-order chi connectivity index (χ0) is 8.27. The standard InChI is InChI=1S/C8H13N3/c1-7-5-4-6-8(10-7)11(3)9-2/h4-6,9H,1-3H3. The second kappa shape index (κ2) is 3.34. The van der Waals surface area contributed by atoms with Gasteiger partial charge in [0.15, 0.2) is 0 Å². The van der Waals surface area contributed by atoms with E-state index < -0.39 is 0 Å². The highest BCUT2D eigenvalue weighted by atomic mass is 15.5. The molecule has 0 bridgehead atoms. The van der Waals surface area contributed by atoms with Crippen LogP contribution in [0.2, 0.25) is 0 Å². The van der Waals surface area contributed by atoms with Crippen molar-refractivity contribution in [1.29, 1.82) is 0 Å². The maximum Gasteiger partial charge on any atom is 0.142 e. The fraction of sp³-hybridized carbons (Fsp3) is 0.375. The number of aromatic nitrogens is 1. The van der Waals surface area contributed by atoms with Crippen LogP contribution in [0.3, 0.4) is 0 Å². The summed E-state index contributed by atoms with van der Waals surface area (Å²) in [4.78, 5) is 4.31. The molecule has 1 N–H and O–H groups in total.